The molecule has 0 saturated carbocycles. The minimum absolute atomic E-state index is 0.0198. The Bertz CT molecular complexity index is 670. The summed E-state index contributed by atoms with van der Waals surface area (Å²) in [6, 6.07) is 5.01. The van der Waals surface area contributed by atoms with Crippen molar-refractivity contribution in [1.29, 1.82) is 0 Å². The van der Waals surface area contributed by atoms with Crippen LogP contribution in [0.5, 0.6) is 5.95 Å². The van der Waals surface area contributed by atoms with E-state index in [4.69, 9.17) is 37.1 Å². The molecule has 0 radical (unpaired) electrons. The number of benzene rings is 1. The lowest BCUT2D eigenvalue weighted by Gasteiger charge is -2.01. The van der Waals surface area contributed by atoms with E-state index in [1.165, 1.54) is 0 Å². The van der Waals surface area contributed by atoms with Gasteiger partial charge in [0.05, 0.1) is 29.7 Å². The van der Waals surface area contributed by atoms with E-state index in [0.29, 0.717) is 40.4 Å². The van der Waals surface area contributed by atoms with E-state index in [1.54, 1.807) is 25.1 Å². The predicted molar refractivity (Wildman–Crippen MR) is 83.5 cm³/mol. The highest BCUT2D eigenvalue weighted by molar-refractivity contribution is 6.42. The summed E-state index contributed by atoms with van der Waals surface area (Å²) in [7, 11) is 0. The van der Waals surface area contributed by atoms with Gasteiger partial charge < -0.3 is 13.9 Å². The zero-order valence-corrected chi connectivity index (χ0v) is 13.7. The van der Waals surface area contributed by atoms with E-state index in [-0.39, 0.29) is 12.4 Å². The second-order valence-electron chi connectivity index (χ2n) is 4.30. The van der Waals surface area contributed by atoms with Crippen molar-refractivity contribution < 1.29 is 18.7 Å². The Morgan fingerprint density at radius 3 is 2.64 bits per heavy atom. The van der Waals surface area contributed by atoms with E-state index in [2.05, 4.69) is 4.98 Å². The molecule has 7 heteroatoms. The summed E-state index contributed by atoms with van der Waals surface area (Å²) in [4.78, 5) is 15.9. The second kappa shape index (κ2) is 7.51. The molecular formula is C15H15Cl2NO4. The van der Waals surface area contributed by atoms with E-state index < -0.39 is 5.97 Å². The lowest BCUT2D eigenvalue weighted by Crippen LogP contribution is -2.09. The maximum atomic E-state index is 11.6. The van der Waals surface area contributed by atoms with Crippen molar-refractivity contribution in [2.45, 2.75) is 20.3 Å². The molecule has 0 fully saturated rings. The van der Waals surface area contributed by atoms with Crippen LogP contribution in [0.25, 0.3) is 11.5 Å². The van der Waals surface area contributed by atoms with Gasteiger partial charge in [0.2, 0.25) is 5.89 Å². The molecular weight excluding hydrogens is 329 g/mol. The molecule has 1 heterocycles. The van der Waals surface area contributed by atoms with Gasteiger partial charge in [-0.25, -0.2) is 4.98 Å². The number of aromatic nitrogens is 1. The van der Waals surface area contributed by atoms with Crippen LogP contribution >= 0.6 is 23.2 Å². The fraction of sp³-hybridized carbons (Fsp3) is 0.333. The fourth-order valence-corrected chi connectivity index (χ4v) is 2.09. The molecule has 1 aromatic heterocycles. The first-order valence-corrected chi connectivity index (χ1v) is 7.54. The molecule has 2 rings (SSSR count). The van der Waals surface area contributed by atoms with Gasteiger partial charge in [0.25, 0.3) is 0 Å². The molecule has 2 aromatic rings. The highest BCUT2D eigenvalue weighted by Crippen LogP contribution is 2.32. The molecule has 0 unspecified atom stereocenters. The van der Waals surface area contributed by atoms with Gasteiger partial charge in [-0.1, -0.05) is 23.2 Å². The third-order valence-electron chi connectivity index (χ3n) is 2.72. The van der Waals surface area contributed by atoms with Crippen LogP contribution in [-0.4, -0.2) is 24.2 Å². The van der Waals surface area contributed by atoms with Gasteiger partial charge in [-0.3, -0.25) is 4.79 Å². The summed E-state index contributed by atoms with van der Waals surface area (Å²) >= 11 is 11.9. The van der Waals surface area contributed by atoms with Crippen LogP contribution in [0.3, 0.4) is 0 Å². The summed E-state index contributed by atoms with van der Waals surface area (Å²) in [6.07, 6.45) is -0.0198. The van der Waals surface area contributed by atoms with Gasteiger partial charge in [-0.05, 0) is 32.0 Å². The van der Waals surface area contributed by atoms with Crippen molar-refractivity contribution in [2.24, 2.45) is 0 Å². The van der Waals surface area contributed by atoms with Crippen LogP contribution < -0.4 is 4.74 Å². The number of carbonyl (C=O) groups excluding carboxylic acids is 1. The van der Waals surface area contributed by atoms with Crippen LogP contribution in [0.4, 0.5) is 0 Å². The third-order valence-corrected chi connectivity index (χ3v) is 3.46. The van der Waals surface area contributed by atoms with Crippen LogP contribution in [0.1, 0.15) is 19.5 Å². The van der Waals surface area contributed by atoms with E-state index in [1.807, 2.05) is 6.92 Å². The number of rotatable bonds is 6. The number of halogens is 2. The fourth-order valence-electron chi connectivity index (χ4n) is 1.79. The van der Waals surface area contributed by atoms with Crippen molar-refractivity contribution in [1.82, 2.24) is 4.98 Å². The Morgan fingerprint density at radius 1 is 1.23 bits per heavy atom. The topological polar surface area (TPSA) is 61.6 Å². The van der Waals surface area contributed by atoms with Crippen molar-refractivity contribution >= 4 is 29.2 Å². The first kappa shape index (κ1) is 16.6. The Balaban J connectivity index is 2.32. The number of nitrogens with zero attached hydrogens (tertiary/aromatic N) is 1. The van der Waals surface area contributed by atoms with Crippen molar-refractivity contribution in [3.63, 3.8) is 0 Å². The SMILES string of the molecule is CCOC(=O)Cc1nc(-c2ccc(Cl)c(Cl)c2)oc1OCC. The minimum atomic E-state index is -0.391. The first-order valence-electron chi connectivity index (χ1n) is 6.78. The third kappa shape index (κ3) is 3.93. The smallest absolute Gasteiger partial charge is 0.312 e. The molecule has 0 aliphatic carbocycles. The molecule has 0 atom stereocenters. The largest absolute Gasteiger partial charge is 0.466 e. The van der Waals surface area contributed by atoms with E-state index in [9.17, 15) is 4.79 Å². The zero-order chi connectivity index (χ0) is 16.1. The van der Waals surface area contributed by atoms with Gasteiger partial charge in [-0.15, -0.1) is 0 Å². The van der Waals surface area contributed by atoms with Crippen LogP contribution in [0.15, 0.2) is 22.6 Å². The molecule has 1 aromatic carbocycles. The Kier molecular flexibility index (Phi) is 5.69. The molecule has 0 saturated heterocycles. The van der Waals surface area contributed by atoms with Gasteiger partial charge >= 0.3 is 11.9 Å². The summed E-state index contributed by atoms with van der Waals surface area (Å²) < 4.78 is 15.9. The number of carbonyl (C=O) groups is 1. The first-order chi connectivity index (χ1) is 10.5. The maximum Gasteiger partial charge on any atom is 0.312 e. The molecule has 0 aliphatic rings. The number of oxazole rings is 1. The van der Waals surface area contributed by atoms with Crippen molar-refractivity contribution in [2.75, 3.05) is 13.2 Å². The number of hydrogen-bond donors (Lipinski definition) is 0. The van der Waals surface area contributed by atoms with Crippen LogP contribution in [-0.2, 0) is 16.0 Å². The van der Waals surface area contributed by atoms with Gasteiger partial charge in [0.15, 0.2) is 0 Å². The highest BCUT2D eigenvalue weighted by atomic mass is 35.5. The summed E-state index contributed by atoms with van der Waals surface area (Å²) in [5.41, 5.74) is 1.03. The van der Waals surface area contributed by atoms with E-state index >= 15 is 0 Å². The number of ether oxygens (including phenoxy) is 2. The standard InChI is InChI=1S/C15H15Cl2NO4/c1-3-20-13(19)8-12-15(21-4-2)22-14(18-12)9-5-6-10(16)11(17)7-9/h5-7H,3-4,8H2,1-2H3. The van der Waals surface area contributed by atoms with Crippen LogP contribution in [0, 0.1) is 0 Å². The molecule has 5 nitrogen and oxygen atoms in total. The van der Waals surface area contributed by atoms with Gasteiger partial charge in [0, 0.05) is 5.56 Å². The molecule has 22 heavy (non-hydrogen) atoms. The van der Waals surface area contributed by atoms with Gasteiger partial charge in [-0.2, -0.15) is 0 Å². The van der Waals surface area contributed by atoms with Crippen molar-refractivity contribution in [3.8, 4) is 17.4 Å². The predicted octanol–water partition coefficient (Wildman–Crippen LogP) is 4.15. The summed E-state index contributed by atoms with van der Waals surface area (Å²) in [5.74, 6) is 0.121. The average Bonchev–Trinajstić information content (AvgIpc) is 2.85. The quantitative estimate of drug-likeness (QED) is 0.737. The molecule has 0 spiro atoms. The molecule has 0 amide bonds. The van der Waals surface area contributed by atoms with Crippen LogP contribution in [0.2, 0.25) is 10.0 Å². The number of hydrogen-bond acceptors (Lipinski definition) is 5. The van der Waals surface area contributed by atoms with Crippen molar-refractivity contribution in [3.05, 3.63) is 33.9 Å². The Hall–Kier alpha value is -1.72. The normalized spacial score (nSPS) is 10.5. The molecule has 0 N–H and O–H groups in total. The zero-order valence-electron chi connectivity index (χ0n) is 12.2. The summed E-state index contributed by atoms with van der Waals surface area (Å²) in [5, 5.41) is 0.830. The Morgan fingerprint density at radius 2 is 2.00 bits per heavy atom. The molecule has 0 aliphatic heterocycles. The Labute approximate surface area is 138 Å². The highest BCUT2D eigenvalue weighted by Gasteiger charge is 2.19. The monoisotopic (exact) mass is 343 g/mol. The minimum Gasteiger partial charge on any atom is -0.466 e. The average molecular weight is 344 g/mol. The lowest BCUT2D eigenvalue weighted by atomic mass is 10.2. The van der Waals surface area contributed by atoms with Gasteiger partial charge in [0.1, 0.15) is 5.69 Å². The second-order valence-corrected chi connectivity index (χ2v) is 5.11. The molecule has 118 valence electrons. The lowest BCUT2D eigenvalue weighted by molar-refractivity contribution is -0.142. The summed E-state index contributed by atoms with van der Waals surface area (Å²) in [6.45, 7) is 4.26. The maximum absolute atomic E-state index is 11.6. The number of esters is 1. The molecule has 0 bridgehead atoms. The van der Waals surface area contributed by atoms with E-state index in [0.717, 1.165) is 0 Å².